The second-order valence-electron chi connectivity index (χ2n) is 6.23. The van der Waals surface area contributed by atoms with Gasteiger partial charge in [0.1, 0.15) is 0 Å². The molecule has 0 radical (unpaired) electrons. The minimum Gasteiger partial charge on any atom is -0.341 e. The number of likely N-dealkylation sites (tertiary alicyclic amines) is 1. The molecule has 116 valence electrons. The van der Waals surface area contributed by atoms with Gasteiger partial charge in [0.05, 0.1) is 6.42 Å². The molecule has 1 fully saturated rings. The van der Waals surface area contributed by atoms with Crippen LogP contribution in [0.25, 0.3) is 0 Å². The van der Waals surface area contributed by atoms with E-state index in [2.05, 4.69) is 44.3 Å². The number of rotatable bonds is 5. The largest absolute Gasteiger partial charge is 0.341 e. The molecule has 1 N–H and O–H groups in total. The molecule has 1 aliphatic heterocycles. The highest BCUT2D eigenvalue weighted by atomic mass is 16.2. The van der Waals surface area contributed by atoms with E-state index in [1.54, 1.807) is 0 Å². The van der Waals surface area contributed by atoms with Crippen molar-refractivity contribution in [3.05, 3.63) is 34.9 Å². The zero-order valence-corrected chi connectivity index (χ0v) is 13.6. The standard InChI is InChI=1S/C18H28N2O/c1-4-9-19-17-6-5-10-20(13-17)18(21)12-16-8-7-14(2)15(3)11-16/h7-8,11,17,19H,4-6,9-10,12-13H2,1-3H3. The maximum Gasteiger partial charge on any atom is 0.227 e. The number of carbonyl (C=O) groups excluding carboxylic acids is 1. The van der Waals surface area contributed by atoms with Crippen LogP contribution in [0.1, 0.15) is 42.9 Å². The van der Waals surface area contributed by atoms with E-state index in [9.17, 15) is 4.79 Å². The Morgan fingerprint density at radius 3 is 2.86 bits per heavy atom. The van der Waals surface area contributed by atoms with Gasteiger partial charge in [0.15, 0.2) is 0 Å². The van der Waals surface area contributed by atoms with E-state index in [4.69, 9.17) is 0 Å². The molecule has 0 aromatic heterocycles. The first kappa shape index (κ1) is 16.0. The summed E-state index contributed by atoms with van der Waals surface area (Å²) in [4.78, 5) is 14.5. The first-order valence-electron chi connectivity index (χ1n) is 8.17. The van der Waals surface area contributed by atoms with Crippen molar-refractivity contribution in [2.24, 2.45) is 0 Å². The van der Waals surface area contributed by atoms with Gasteiger partial charge in [0.25, 0.3) is 0 Å². The van der Waals surface area contributed by atoms with E-state index < -0.39 is 0 Å². The summed E-state index contributed by atoms with van der Waals surface area (Å²) < 4.78 is 0. The number of benzene rings is 1. The Balaban J connectivity index is 1.91. The van der Waals surface area contributed by atoms with Crippen molar-refractivity contribution in [3.8, 4) is 0 Å². The predicted molar refractivity (Wildman–Crippen MR) is 87.5 cm³/mol. The Kier molecular flexibility index (Phi) is 5.80. The van der Waals surface area contributed by atoms with Crippen LogP contribution in [0.4, 0.5) is 0 Å². The molecule has 1 amide bonds. The third-order valence-corrected chi connectivity index (χ3v) is 4.38. The molecule has 0 saturated carbocycles. The lowest BCUT2D eigenvalue weighted by atomic mass is 10.0. The van der Waals surface area contributed by atoms with Gasteiger partial charge in [0.2, 0.25) is 5.91 Å². The Morgan fingerprint density at radius 1 is 1.33 bits per heavy atom. The maximum atomic E-state index is 12.5. The summed E-state index contributed by atoms with van der Waals surface area (Å²) in [6, 6.07) is 6.81. The topological polar surface area (TPSA) is 32.3 Å². The highest BCUT2D eigenvalue weighted by Crippen LogP contribution is 2.14. The second-order valence-corrected chi connectivity index (χ2v) is 6.23. The molecule has 0 bridgehead atoms. The minimum absolute atomic E-state index is 0.265. The molecule has 1 saturated heterocycles. The Bertz CT molecular complexity index is 484. The number of hydrogen-bond acceptors (Lipinski definition) is 2. The van der Waals surface area contributed by atoms with Crippen LogP contribution in [0.15, 0.2) is 18.2 Å². The van der Waals surface area contributed by atoms with Crippen LogP contribution in [0.2, 0.25) is 0 Å². The summed E-state index contributed by atoms with van der Waals surface area (Å²) in [5.74, 6) is 0.265. The van der Waals surface area contributed by atoms with Gasteiger partial charge in [-0.15, -0.1) is 0 Å². The molecule has 21 heavy (non-hydrogen) atoms. The van der Waals surface area contributed by atoms with Crippen molar-refractivity contribution in [2.75, 3.05) is 19.6 Å². The molecule has 3 heteroatoms. The molecule has 1 aliphatic rings. The number of nitrogens with zero attached hydrogens (tertiary/aromatic N) is 1. The molecule has 3 nitrogen and oxygen atoms in total. The summed E-state index contributed by atoms with van der Waals surface area (Å²) in [6.45, 7) is 9.21. The molecule has 1 heterocycles. The van der Waals surface area contributed by atoms with Crippen molar-refractivity contribution in [1.82, 2.24) is 10.2 Å². The predicted octanol–water partition coefficient (Wildman–Crippen LogP) is 2.84. The van der Waals surface area contributed by atoms with Crippen LogP contribution in [0.3, 0.4) is 0 Å². The van der Waals surface area contributed by atoms with Crippen molar-refractivity contribution in [3.63, 3.8) is 0 Å². The van der Waals surface area contributed by atoms with Gasteiger partial charge in [-0.1, -0.05) is 25.1 Å². The molecular formula is C18H28N2O. The lowest BCUT2D eigenvalue weighted by Crippen LogP contribution is -2.48. The summed E-state index contributed by atoms with van der Waals surface area (Å²) >= 11 is 0. The van der Waals surface area contributed by atoms with Gasteiger partial charge in [-0.05, 0) is 56.3 Å². The molecule has 0 spiro atoms. The van der Waals surface area contributed by atoms with Crippen molar-refractivity contribution >= 4 is 5.91 Å². The molecular weight excluding hydrogens is 260 g/mol. The summed E-state index contributed by atoms with van der Waals surface area (Å²) in [6.07, 6.45) is 3.97. The highest BCUT2D eigenvalue weighted by Gasteiger charge is 2.23. The Labute approximate surface area is 128 Å². The summed E-state index contributed by atoms with van der Waals surface area (Å²) in [5, 5.41) is 3.54. The van der Waals surface area contributed by atoms with Gasteiger partial charge in [0, 0.05) is 19.1 Å². The zero-order chi connectivity index (χ0) is 15.2. The molecule has 1 aromatic carbocycles. The Morgan fingerprint density at radius 2 is 2.14 bits per heavy atom. The highest BCUT2D eigenvalue weighted by molar-refractivity contribution is 5.79. The number of nitrogens with one attached hydrogen (secondary N) is 1. The lowest BCUT2D eigenvalue weighted by Gasteiger charge is -2.33. The van der Waals surface area contributed by atoms with E-state index in [-0.39, 0.29) is 5.91 Å². The van der Waals surface area contributed by atoms with Crippen LogP contribution in [-0.4, -0.2) is 36.5 Å². The molecule has 2 rings (SSSR count). The fourth-order valence-corrected chi connectivity index (χ4v) is 2.92. The van der Waals surface area contributed by atoms with Gasteiger partial charge >= 0.3 is 0 Å². The normalized spacial score (nSPS) is 18.8. The number of aryl methyl sites for hydroxylation is 2. The van der Waals surface area contributed by atoms with E-state index in [1.807, 2.05) is 4.90 Å². The number of carbonyl (C=O) groups is 1. The first-order valence-corrected chi connectivity index (χ1v) is 8.17. The molecule has 1 unspecified atom stereocenters. The van der Waals surface area contributed by atoms with Gasteiger partial charge in [-0.2, -0.15) is 0 Å². The Hall–Kier alpha value is -1.35. The van der Waals surface area contributed by atoms with Crippen LogP contribution in [0.5, 0.6) is 0 Å². The zero-order valence-electron chi connectivity index (χ0n) is 13.6. The van der Waals surface area contributed by atoms with E-state index in [0.717, 1.165) is 38.0 Å². The summed E-state index contributed by atoms with van der Waals surface area (Å²) in [5.41, 5.74) is 3.68. The molecule has 1 atom stereocenters. The average Bonchev–Trinajstić information content (AvgIpc) is 2.49. The van der Waals surface area contributed by atoms with Crippen LogP contribution in [-0.2, 0) is 11.2 Å². The fourth-order valence-electron chi connectivity index (χ4n) is 2.92. The van der Waals surface area contributed by atoms with Crippen molar-refractivity contribution < 1.29 is 4.79 Å². The van der Waals surface area contributed by atoms with Crippen LogP contribution in [0, 0.1) is 13.8 Å². The van der Waals surface area contributed by atoms with Gasteiger partial charge < -0.3 is 10.2 Å². The van der Waals surface area contributed by atoms with Gasteiger partial charge in [-0.3, -0.25) is 4.79 Å². The molecule has 1 aromatic rings. The second kappa shape index (κ2) is 7.60. The van der Waals surface area contributed by atoms with E-state index in [1.165, 1.54) is 17.5 Å². The van der Waals surface area contributed by atoms with Crippen molar-refractivity contribution in [1.29, 1.82) is 0 Å². The number of amides is 1. The third kappa shape index (κ3) is 4.57. The number of hydrogen-bond donors (Lipinski definition) is 1. The third-order valence-electron chi connectivity index (χ3n) is 4.38. The van der Waals surface area contributed by atoms with Crippen molar-refractivity contribution in [2.45, 2.75) is 52.5 Å². The lowest BCUT2D eigenvalue weighted by molar-refractivity contribution is -0.131. The van der Waals surface area contributed by atoms with E-state index >= 15 is 0 Å². The van der Waals surface area contributed by atoms with E-state index in [0.29, 0.717) is 12.5 Å². The fraction of sp³-hybridized carbons (Fsp3) is 0.611. The molecule has 0 aliphatic carbocycles. The average molecular weight is 288 g/mol. The minimum atomic E-state index is 0.265. The maximum absolute atomic E-state index is 12.5. The van der Waals surface area contributed by atoms with Crippen LogP contribution >= 0.6 is 0 Å². The first-order chi connectivity index (χ1) is 10.1. The van der Waals surface area contributed by atoms with Crippen LogP contribution < -0.4 is 5.32 Å². The summed E-state index contributed by atoms with van der Waals surface area (Å²) in [7, 11) is 0. The SMILES string of the molecule is CCCNC1CCCN(C(=O)Cc2ccc(C)c(C)c2)C1. The quantitative estimate of drug-likeness (QED) is 0.903. The number of piperidine rings is 1. The van der Waals surface area contributed by atoms with Gasteiger partial charge in [-0.25, -0.2) is 0 Å². The smallest absolute Gasteiger partial charge is 0.227 e. The monoisotopic (exact) mass is 288 g/mol.